The molecule has 0 spiro atoms. The maximum atomic E-state index is 12.8. The van der Waals surface area contributed by atoms with Crippen LogP contribution in [0.25, 0.3) is 0 Å². The zero-order valence-corrected chi connectivity index (χ0v) is 16.3. The Balaban J connectivity index is 1.31. The first-order valence-electron chi connectivity index (χ1n) is 9.62. The molecule has 0 saturated carbocycles. The summed E-state index contributed by atoms with van der Waals surface area (Å²) in [5.41, 5.74) is 7.50. The SMILES string of the molecule is N[C@@H](CCN1CC2CN(S(=O)(=O)c3ccccc3)CC2C1)c1ccccc1. The number of benzene rings is 2. The first-order valence-corrected chi connectivity index (χ1v) is 11.1. The van der Waals surface area contributed by atoms with Crippen LogP contribution in [0.3, 0.4) is 0 Å². The van der Waals surface area contributed by atoms with Gasteiger partial charge in [0, 0.05) is 32.2 Å². The van der Waals surface area contributed by atoms with Crippen LogP contribution in [0, 0.1) is 11.8 Å². The number of nitrogens with zero attached hydrogens (tertiary/aromatic N) is 2. The summed E-state index contributed by atoms with van der Waals surface area (Å²) in [7, 11) is -3.37. The smallest absolute Gasteiger partial charge is 0.243 e. The normalized spacial score (nSPS) is 24.8. The lowest BCUT2D eigenvalue weighted by atomic mass is 10.0. The van der Waals surface area contributed by atoms with Crippen molar-refractivity contribution in [1.82, 2.24) is 9.21 Å². The Morgan fingerprint density at radius 3 is 2.04 bits per heavy atom. The Labute approximate surface area is 161 Å². The first-order chi connectivity index (χ1) is 13.0. The molecule has 2 aliphatic heterocycles. The van der Waals surface area contributed by atoms with Crippen LogP contribution >= 0.6 is 0 Å². The Morgan fingerprint density at radius 1 is 0.889 bits per heavy atom. The molecule has 144 valence electrons. The summed E-state index contributed by atoms with van der Waals surface area (Å²) in [5.74, 6) is 0.855. The van der Waals surface area contributed by atoms with Crippen LogP contribution in [-0.4, -0.2) is 50.3 Å². The van der Waals surface area contributed by atoms with E-state index in [1.54, 1.807) is 28.6 Å². The van der Waals surface area contributed by atoms with Gasteiger partial charge in [-0.25, -0.2) is 8.42 Å². The molecule has 0 radical (unpaired) electrons. The van der Waals surface area contributed by atoms with Crippen molar-refractivity contribution < 1.29 is 8.42 Å². The Morgan fingerprint density at radius 2 is 1.44 bits per heavy atom. The molecule has 3 atom stereocenters. The molecular weight excluding hydrogens is 358 g/mol. The first kappa shape index (κ1) is 18.6. The van der Waals surface area contributed by atoms with Crippen molar-refractivity contribution in [2.24, 2.45) is 17.6 Å². The molecule has 2 unspecified atom stereocenters. The van der Waals surface area contributed by atoms with Crippen LogP contribution in [0.1, 0.15) is 18.0 Å². The fraction of sp³-hybridized carbons (Fsp3) is 0.429. The van der Waals surface area contributed by atoms with E-state index in [9.17, 15) is 8.42 Å². The molecule has 2 heterocycles. The summed E-state index contributed by atoms with van der Waals surface area (Å²) in [4.78, 5) is 2.85. The topological polar surface area (TPSA) is 66.6 Å². The predicted molar refractivity (Wildman–Crippen MR) is 107 cm³/mol. The van der Waals surface area contributed by atoms with E-state index in [1.165, 1.54) is 5.56 Å². The summed E-state index contributed by atoms with van der Waals surface area (Å²) >= 11 is 0. The summed E-state index contributed by atoms with van der Waals surface area (Å²) in [6.07, 6.45) is 0.926. The minimum absolute atomic E-state index is 0.0570. The highest BCUT2D eigenvalue weighted by Crippen LogP contribution is 2.34. The Kier molecular flexibility index (Phi) is 5.32. The van der Waals surface area contributed by atoms with Gasteiger partial charge in [-0.3, -0.25) is 0 Å². The number of rotatable bonds is 6. The maximum absolute atomic E-state index is 12.8. The minimum Gasteiger partial charge on any atom is -0.324 e. The van der Waals surface area contributed by atoms with Crippen molar-refractivity contribution in [2.45, 2.75) is 17.4 Å². The van der Waals surface area contributed by atoms with Crippen LogP contribution in [0.2, 0.25) is 0 Å². The molecule has 2 aromatic carbocycles. The standard InChI is InChI=1S/C21H27N3O2S/c22-21(17-7-3-1-4-8-17)11-12-23-13-18-15-24(16-19(18)14-23)27(25,26)20-9-5-2-6-10-20/h1-10,18-19,21H,11-16,22H2/t18?,19?,21-/m0/s1. The lowest BCUT2D eigenvalue weighted by Crippen LogP contribution is -2.34. The lowest BCUT2D eigenvalue weighted by Gasteiger charge is -2.22. The number of nitrogens with two attached hydrogens (primary N) is 1. The molecule has 5 nitrogen and oxygen atoms in total. The van der Waals surface area contributed by atoms with Crippen molar-refractivity contribution in [1.29, 1.82) is 0 Å². The number of sulfonamides is 1. The third-order valence-corrected chi connectivity index (χ3v) is 7.74. The number of hydrogen-bond donors (Lipinski definition) is 1. The van der Waals surface area contributed by atoms with Gasteiger partial charge in [0.05, 0.1) is 4.90 Å². The molecule has 2 N–H and O–H groups in total. The van der Waals surface area contributed by atoms with E-state index in [4.69, 9.17) is 5.73 Å². The monoisotopic (exact) mass is 385 g/mol. The Hall–Kier alpha value is -1.73. The van der Waals surface area contributed by atoms with Gasteiger partial charge in [-0.1, -0.05) is 48.5 Å². The summed E-state index contributed by atoms with van der Waals surface area (Å²) in [5, 5.41) is 0. The van der Waals surface area contributed by atoms with Gasteiger partial charge in [0.25, 0.3) is 0 Å². The highest BCUT2D eigenvalue weighted by atomic mass is 32.2. The van der Waals surface area contributed by atoms with E-state index in [0.717, 1.165) is 26.1 Å². The average molecular weight is 386 g/mol. The minimum atomic E-state index is -3.37. The second-order valence-electron chi connectivity index (χ2n) is 7.72. The van der Waals surface area contributed by atoms with E-state index in [-0.39, 0.29) is 6.04 Å². The van der Waals surface area contributed by atoms with Crippen molar-refractivity contribution in [2.75, 3.05) is 32.7 Å². The van der Waals surface area contributed by atoms with Crippen molar-refractivity contribution >= 4 is 10.0 Å². The fourth-order valence-electron chi connectivity index (χ4n) is 4.36. The zero-order chi connectivity index (χ0) is 18.9. The van der Waals surface area contributed by atoms with Crippen molar-refractivity contribution in [3.05, 3.63) is 66.2 Å². The van der Waals surface area contributed by atoms with Gasteiger partial charge in [0.1, 0.15) is 0 Å². The highest BCUT2D eigenvalue weighted by molar-refractivity contribution is 7.89. The Bertz CT molecular complexity index is 844. The predicted octanol–water partition coefficient (Wildman–Crippen LogP) is 2.33. The van der Waals surface area contributed by atoms with Gasteiger partial charge < -0.3 is 10.6 Å². The molecule has 2 aliphatic rings. The lowest BCUT2D eigenvalue weighted by molar-refractivity contribution is 0.286. The quantitative estimate of drug-likeness (QED) is 0.829. The summed E-state index contributed by atoms with van der Waals surface area (Å²) in [6, 6.07) is 19.0. The molecular formula is C21H27N3O2S. The van der Waals surface area contributed by atoms with E-state index in [2.05, 4.69) is 17.0 Å². The number of hydrogen-bond acceptors (Lipinski definition) is 4. The molecule has 6 heteroatoms. The zero-order valence-electron chi connectivity index (χ0n) is 15.4. The molecule has 2 saturated heterocycles. The number of fused-ring (bicyclic) bond motifs is 1. The molecule has 0 bridgehead atoms. The molecule has 4 rings (SSSR count). The van der Waals surface area contributed by atoms with Gasteiger partial charge in [0.2, 0.25) is 10.0 Å². The van der Waals surface area contributed by atoms with Crippen LogP contribution in [0.5, 0.6) is 0 Å². The second kappa shape index (κ2) is 7.72. The molecule has 0 aromatic heterocycles. The van der Waals surface area contributed by atoms with E-state index in [1.807, 2.05) is 24.3 Å². The fourth-order valence-corrected chi connectivity index (χ4v) is 5.93. The third-order valence-electron chi connectivity index (χ3n) is 5.89. The van der Waals surface area contributed by atoms with Gasteiger partial charge in [-0.15, -0.1) is 0 Å². The summed E-state index contributed by atoms with van der Waals surface area (Å²) in [6.45, 7) is 4.15. The maximum Gasteiger partial charge on any atom is 0.243 e. The van der Waals surface area contributed by atoms with Gasteiger partial charge in [0.15, 0.2) is 0 Å². The summed E-state index contributed by atoms with van der Waals surface area (Å²) < 4.78 is 27.3. The second-order valence-corrected chi connectivity index (χ2v) is 9.66. The van der Waals surface area contributed by atoms with Crippen LogP contribution in [0.4, 0.5) is 0 Å². The van der Waals surface area contributed by atoms with E-state index >= 15 is 0 Å². The largest absolute Gasteiger partial charge is 0.324 e. The van der Waals surface area contributed by atoms with Crippen molar-refractivity contribution in [3.8, 4) is 0 Å². The molecule has 0 aliphatic carbocycles. The number of likely N-dealkylation sites (tertiary alicyclic amines) is 1. The van der Waals surface area contributed by atoms with Crippen LogP contribution < -0.4 is 5.73 Å². The highest BCUT2D eigenvalue weighted by Gasteiger charge is 2.44. The third kappa shape index (κ3) is 3.94. The van der Waals surface area contributed by atoms with Gasteiger partial charge in [-0.2, -0.15) is 4.31 Å². The average Bonchev–Trinajstić information content (AvgIpc) is 3.27. The molecule has 27 heavy (non-hydrogen) atoms. The van der Waals surface area contributed by atoms with E-state index < -0.39 is 10.0 Å². The van der Waals surface area contributed by atoms with Gasteiger partial charge in [-0.05, 0) is 42.5 Å². The van der Waals surface area contributed by atoms with Gasteiger partial charge >= 0.3 is 0 Å². The van der Waals surface area contributed by atoms with Crippen LogP contribution in [-0.2, 0) is 10.0 Å². The molecule has 0 amide bonds. The van der Waals surface area contributed by atoms with E-state index in [0.29, 0.717) is 29.8 Å². The van der Waals surface area contributed by atoms with Crippen molar-refractivity contribution in [3.63, 3.8) is 0 Å². The molecule has 2 fully saturated rings. The van der Waals surface area contributed by atoms with Crippen LogP contribution in [0.15, 0.2) is 65.6 Å². The molecule has 2 aromatic rings.